The molecule has 61 heavy (non-hydrogen) atoms. The van der Waals surface area contributed by atoms with Crippen molar-refractivity contribution in [3.05, 3.63) is 23.8 Å². The number of nitrogens with one attached hydrogen (secondary N) is 5. The van der Waals surface area contributed by atoms with Gasteiger partial charge in [0.15, 0.2) is 0 Å². The molecular weight excluding hydrogens is 815 g/mol. The molecule has 3 rings (SSSR count). The van der Waals surface area contributed by atoms with Crippen LogP contribution in [0.25, 0.3) is 0 Å². The van der Waals surface area contributed by atoms with Gasteiger partial charge in [0.2, 0.25) is 45.3 Å². The van der Waals surface area contributed by atoms with Gasteiger partial charge in [-0.2, -0.15) is 0 Å². The van der Waals surface area contributed by atoms with Crippen molar-refractivity contribution in [2.24, 2.45) is 17.6 Å². The number of carbonyl (C=O) groups is 7. The molecule has 2 fully saturated rings. The van der Waals surface area contributed by atoms with Crippen LogP contribution < -0.4 is 41.2 Å². The minimum Gasteiger partial charge on any atom is -0.497 e. The van der Waals surface area contributed by atoms with E-state index in [1.54, 1.807) is 26.8 Å². The van der Waals surface area contributed by atoms with Gasteiger partial charge in [-0.15, -0.1) is 0 Å². The molecule has 1 saturated heterocycles. The van der Waals surface area contributed by atoms with E-state index in [2.05, 4.69) is 26.0 Å². The number of rotatable bonds is 21. The first-order valence-corrected chi connectivity index (χ1v) is 22.6. The molecule has 2 unspecified atom stereocenters. The van der Waals surface area contributed by atoms with Gasteiger partial charge in [0, 0.05) is 19.0 Å². The molecule has 342 valence electrons. The van der Waals surface area contributed by atoms with Crippen LogP contribution in [0.5, 0.6) is 11.5 Å². The summed E-state index contributed by atoms with van der Waals surface area (Å²) in [5.74, 6) is -6.03. The second kappa shape index (κ2) is 22.3. The van der Waals surface area contributed by atoms with Crippen molar-refractivity contribution in [1.82, 2.24) is 30.9 Å². The SMILES string of the molecule is CCCC(NC(=O)[C@@H]1C[C@@H](OC(C)(C)C)CN1C(=O)[C@@H](NC(=O)[C@@H](NS(C)(=O)=O)C(C)C)C1CCCCC1)C(=O)C(=O)NCC(=O)NC(C(N)=O)c1cc(OC)cc(OC)c1. The van der Waals surface area contributed by atoms with Gasteiger partial charge < -0.3 is 46.1 Å². The highest BCUT2D eigenvalue weighted by molar-refractivity contribution is 7.88. The van der Waals surface area contributed by atoms with Crippen LogP contribution in [0.2, 0.25) is 0 Å². The third kappa shape index (κ3) is 15.2. The highest BCUT2D eigenvalue weighted by atomic mass is 32.2. The van der Waals surface area contributed by atoms with Gasteiger partial charge in [-0.3, -0.25) is 33.6 Å². The summed E-state index contributed by atoms with van der Waals surface area (Å²) in [6, 6.07) is -1.60. The average Bonchev–Trinajstić information content (AvgIpc) is 3.61. The van der Waals surface area contributed by atoms with Crippen molar-refractivity contribution < 1.29 is 56.2 Å². The Balaban J connectivity index is 1.83. The normalized spacial score (nSPS) is 19.2. The van der Waals surface area contributed by atoms with Crippen molar-refractivity contribution in [3.63, 3.8) is 0 Å². The predicted octanol–water partition coefficient (Wildman–Crippen LogP) is 0.740. The minimum absolute atomic E-state index is 0.0146. The molecule has 1 aromatic carbocycles. The molecule has 0 bridgehead atoms. The van der Waals surface area contributed by atoms with Crippen molar-refractivity contribution in [3.8, 4) is 11.5 Å². The molecule has 20 heteroatoms. The number of sulfonamides is 1. The number of likely N-dealkylation sites (tertiary alicyclic amines) is 1. The number of Topliss-reactive ketones (excluding diaryl/α,β-unsaturated/α-hetero) is 1. The number of amides is 6. The first-order chi connectivity index (χ1) is 28.5. The summed E-state index contributed by atoms with van der Waals surface area (Å²) in [6.45, 7) is 9.86. The van der Waals surface area contributed by atoms with E-state index in [9.17, 15) is 42.0 Å². The molecule has 1 saturated carbocycles. The van der Waals surface area contributed by atoms with E-state index in [1.807, 2.05) is 20.8 Å². The fourth-order valence-electron chi connectivity index (χ4n) is 7.63. The van der Waals surface area contributed by atoms with Crippen LogP contribution in [0.3, 0.4) is 0 Å². The van der Waals surface area contributed by atoms with Crippen LogP contribution in [0, 0.1) is 11.8 Å². The standard InChI is InChI=1S/C41H65N7O12S/c1-10-14-29(35(50)39(54)43-21-31(49)45-33(36(42)51)25-17-26(58-7)19-27(18-25)59-8)44-37(52)30-20-28(60-41(4,5)6)22-48(30)40(55)34(24-15-12-11-13-16-24)46-38(53)32(23(2)3)47-61(9,56)57/h17-19,23-24,28-30,32-34,47H,10-16,20-22H2,1-9H3,(H2,42,51)(H,43,54)(H,44,52)(H,45,49)(H,46,53)/t28-,29?,30+,32+,33?,34+/m1/s1. The zero-order valence-corrected chi connectivity index (χ0v) is 37.6. The molecule has 0 aromatic heterocycles. The maximum absolute atomic E-state index is 14.7. The molecule has 19 nitrogen and oxygen atoms in total. The fraction of sp³-hybridized carbons (Fsp3) is 0.683. The smallest absolute Gasteiger partial charge is 0.290 e. The lowest BCUT2D eigenvalue weighted by Crippen LogP contribution is -2.60. The number of hydrogen-bond donors (Lipinski definition) is 6. The molecule has 1 aromatic rings. The Labute approximate surface area is 358 Å². The molecule has 0 spiro atoms. The van der Waals surface area contributed by atoms with E-state index in [0.29, 0.717) is 30.8 Å². The van der Waals surface area contributed by atoms with E-state index in [1.165, 1.54) is 31.3 Å². The summed E-state index contributed by atoms with van der Waals surface area (Å²) in [5, 5.41) is 10.2. The number of benzene rings is 1. The Morgan fingerprint density at radius 3 is 2.03 bits per heavy atom. The van der Waals surface area contributed by atoms with Gasteiger partial charge in [-0.05, 0) is 69.6 Å². The third-order valence-electron chi connectivity index (χ3n) is 10.5. The number of primary amides is 1. The summed E-state index contributed by atoms with van der Waals surface area (Å²) >= 11 is 0. The predicted molar refractivity (Wildman–Crippen MR) is 224 cm³/mol. The molecule has 1 aliphatic carbocycles. The van der Waals surface area contributed by atoms with Crippen molar-refractivity contribution >= 4 is 51.2 Å². The van der Waals surface area contributed by atoms with Gasteiger partial charge in [-0.1, -0.05) is 46.5 Å². The Morgan fingerprint density at radius 1 is 0.918 bits per heavy atom. The summed E-state index contributed by atoms with van der Waals surface area (Å²) in [6.07, 6.45) is 4.60. The fourth-order valence-corrected chi connectivity index (χ4v) is 8.47. The number of nitrogens with two attached hydrogens (primary N) is 1. The van der Waals surface area contributed by atoms with E-state index >= 15 is 0 Å². The molecular formula is C41H65N7O12S. The van der Waals surface area contributed by atoms with Crippen molar-refractivity contribution in [1.29, 1.82) is 0 Å². The summed E-state index contributed by atoms with van der Waals surface area (Å²) in [7, 11) is -0.982. The molecule has 2 aliphatic rings. The molecule has 1 heterocycles. The largest absolute Gasteiger partial charge is 0.497 e. The second-order valence-electron chi connectivity index (χ2n) is 17.0. The minimum atomic E-state index is -3.79. The lowest BCUT2D eigenvalue weighted by atomic mass is 9.83. The maximum atomic E-state index is 14.7. The maximum Gasteiger partial charge on any atom is 0.290 e. The Morgan fingerprint density at radius 2 is 1.52 bits per heavy atom. The Kier molecular flexibility index (Phi) is 18.5. The number of carbonyl (C=O) groups excluding carboxylic acids is 7. The summed E-state index contributed by atoms with van der Waals surface area (Å²) < 4.78 is 43.4. The zero-order chi connectivity index (χ0) is 45.8. The van der Waals surface area contributed by atoms with E-state index in [-0.39, 0.29) is 30.9 Å². The summed E-state index contributed by atoms with van der Waals surface area (Å²) in [5.41, 5.74) is 5.16. The first-order valence-electron chi connectivity index (χ1n) is 20.7. The van der Waals surface area contributed by atoms with Crippen LogP contribution in [0.1, 0.15) is 105 Å². The lowest BCUT2D eigenvalue weighted by Gasteiger charge is -2.36. The van der Waals surface area contributed by atoms with E-state index < -0.39 is 106 Å². The number of ketones is 1. The van der Waals surface area contributed by atoms with Gasteiger partial charge in [0.05, 0.1) is 44.8 Å². The first kappa shape index (κ1) is 50.5. The highest BCUT2D eigenvalue weighted by Gasteiger charge is 2.46. The number of nitrogens with zero attached hydrogens (tertiary/aromatic N) is 1. The highest BCUT2D eigenvalue weighted by Crippen LogP contribution is 2.32. The van der Waals surface area contributed by atoms with Crippen LogP contribution in [-0.4, -0.2) is 124 Å². The molecule has 6 amide bonds. The van der Waals surface area contributed by atoms with E-state index in [4.69, 9.17) is 19.9 Å². The number of methoxy groups -OCH3 is 2. The zero-order valence-electron chi connectivity index (χ0n) is 36.8. The van der Waals surface area contributed by atoms with Gasteiger partial charge in [0.1, 0.15) is 35.7 Å². The van der Waals surface area contributed by atoms with Crippen LogP contribution in [0.4, 0.5) is 0 Å². The van der Waals surface area contributed by atoms with Gasteiger partial charge in [0.25, 0.3) is 5.91 Å². The number of hydrogen-bond acceptors (Lipinski definition) is 12. The van der Waals surface area contributed by atoms with Gasteiger partial charge in [-0.25, -0.2) is 13.1 Å². The quantitative estimate of drug-likeness (QED) is 0.0934. The molecule has 6 atom stereocenters. The second-order valence-corrected chi connectivity index (χ2v) is 18.8. The Bertz CT molecular complexity index is 1840. The van der Waals surface area contributed by atoms with Crippen molar-refractivity contribution in [2.45, 2.75) is 135 Å². The Hall–Kier alpha value is -4.82. The van der Waals surface area contributed by atoms with Crippen LogP contribution in [0.15, 0.2) is 18.2 Å². The lowest BCUT2D eigenvalue weighted by molar-refractivity contribution is -0.145. The third-order valence-corrected chi connectivity index (χ3v) is 11.2. The molecule has 0 radical (unpaired) electrons. The molecule has 1 aliphatic heterocycles. The molecule has 7 N–H and O–H groups in total. The topological polar surface area (TPSA) is 271 Å². The van der Waals surface area contributed by atoms with Gasteiger partial charge >= 0.3 is 0 Å². The summed E-state index contributed by atoms with van der Waals surface area (Å²) in [4.78, 5) is 95.9. The van der Waals surface area contributed by atoms with E-state index in [0.717, 1.165) is 25.5 Å². The monoisotopic (exact) mass is 879 g/mol. The average molecular weight is 880 g/mol. The van der Waals surface area contributed by atoms with Crippen LogP contribution in [-0.2, 0) is 48.3 Å². The van der Waals surface area contributed by atoms with Crippen LogP contribution >= 0.6 is 0 Å². The van der Waals surface area contributed by atoms with Crippen molar-refractivity contribution in [2.75, 3.05) is 33.6 Å². The number of ether oxygens (including phenoxy) is 3.